The number of aromatic nitrogens is 2. The molecule has 0 spiro atoms. The Labute approximate surface area is 129 Å². The Kier molecular flexibility index (Phi) is 5.30. The lowest BCUT2D eigenvalue weighted by molar-refractivity contribution is 0.150. The van der Waals surface area contributed by atoms with E-state index in [4.69, 9.17) is 27.9 Å². The molecule has 1 aromatic carbocycles. The van der Waals surface area contributed by atoms with E-state index in [9.17, 15) is 0 Å². The predicted molar refractivity (Wildman–Crippen MR) is 84.8 cm³/mol. The maximum Gasteiger partial charge on any atom is 0.128 e. The fourth-order valence-corrected chi connectivity index (χ4v) is 2.89. The molecule has 2 aromatic rings. The third kappa shape index (κ3) is 3.11. The molecule has 0 saturated carbocycles. The van der Waals surface area contributed by atoms with Gasteiger partial charge in [-0.15, -0.1) is 11.6 Å². The zero-order chi connectivity index (χ0) is 14.7. The third-order valence-electron chi connectivity index (χ3n) is 3.38. The number of imidazole rings is 1. The zero-order valence-electron chi connectivity index (χ0n) is 12.1. The first-order valence-electron chi connectivity index (χ1n) is 6.88. The minimum absolute atomic E-state index is 0.155. The van der Waals surface area contributed by atoms with Crippen molar-refractivity contribution in [3.05, 3.63) is 29.0 Å². The minimum Gasteiger partial charge on any atom is -0.383 e. The zero-order valence-corrected chi connectivity index (χ0v) is 13.6. The predicted octanol–water partition coefficient (Wildman–Crippen LogP) is 4.98. The van der Waals surface area contributed by atoms with Crippen LogP contribution in [0.2, 0.25) is 5.02 Å². The first-order chi connectivity index (χ1) is 9.58. The van der Waals surface area contributed by atoms with Crippen molar-refractivity contribution in [1.82, 2.24) is 9.55 Å². The van der Waals surface area contributed by atoms with Crippen LogP contribution in [-0.4, -0.2) is 23.3 Å². The number of benzene rings is 1. The molecular weight excluding hydrogens is 295 g/mol. The van der Waals surface area contributed by atoms with Gasteiger partial charge in [-0.1, -0.05) is 24.9 Å². The van der Waals surface area contributed by atoms with Crippen molar-refractivity contribution in [1.29, 1.82) is 0 Å². The summed E-state index contributed by atoms with van der Waals surface area (Å²) < 4.78 is 7.57. The van der Waals surface area contributed by atoms with Crippen molar-refractivity contribution in [3.63, 3.8) is 0 Å². The van der Waals surface area contributed by atoms with Gasteiger partial charge in [-0.2, -0.15) is 0 Å². The molecule has 3 nitrogen and oxygen atoms in total. The highest BCUT2D eigenvalue weighted by Crippen LogP contribution is 2.31. The van der Waals surface area contributed by atoms with Gasteiger partial charge in [0.2, 0.25) is 0 Å². The van der Waals surface area contributed by atoms with E-state index < -0.39 is 0 Å². The highest BCUT2D eigenvalue weighted by atomic mass is 35.5. The summed E-state index contributed by atoms with van der Waals surface area (Å²) in [6.45, 7) is 4.76. The number of nitrogens with zero attached hydrogens (tertiary/aromatic N) is 2. The first kappa shape index (κ1) is 15.6. The number of hydrogen-bond acceptors (Lipinski definition) is 2. The molecule has 0 aliphatic rings. The second-order valence-electron chi connectivity index (χ2n) is 4.99. The Bertz CT molecular complexity index is 575. The number of ether oxygens (including phenoxy) is 1. The summed E-state index contributed by atoms with van der Waals surface area (Å²) in [6.07, 6.45) is 2.11. The normalized spacial score (nSPS) is 14.7. The molecule has 0 aliphatic carbocycles. The number of hydrogen-bond donors (Lipinski definition) is 0. The molecule has 0 N–H and O–H groups in total. The molecule has 2 atom stereocenters. The van der Waals surface area contributed by atoms with Gasteiger partial charge in [-0.25, -0.2) is 4.98 Å². The van der Waals surface area contributed by atoms with Gasteiger partial charge in [0.05, 0.1) is 29.1 Å². The molecule has 110 valence electrons. The van der Waals surface area contributed by atoms with E-state index in [1.165, 1.54) is 0 Å². The van der Waals surface area contributed by atoms with Crippen molar-refractivity contribution in [2.75, 3.05) is 13.7 Å². The molecule has 1 aromatic heterocycles. The van der Waals surface area contributed by atoms with Gasteiger partial charge in [0, 0.05) is 12.1 Å². The molecule has 0 amide bonds. The van der Waals surface area contributed by atoms with Crippen LogP contribution in [0.5, 0.6) is 0 Å². The van der Waals surface area contributed by atoms with E-state index in [-0.39, 0.29) is 11.4 Å². The summed E-state index contributed by atoms with van der Waals surface area (Å²) in [5, 5.41) is 0.534. The number of alkyl halides is 1. The number of rotatable bonds is 6. The van der Waals surface area contributed by atoms with Crippen LogP contribution in [0, 0.1) is 0 Å². The van der Waals surface area contributed by atoms with Gasteiger partial charge in [0.25, 0.3) is 0 Å². The molecule has 0 radical (unpaired) electrons. The van der Waals surface area contributed by atoms with Gasteiger partial charge in [0.1, 0.15) is 5.82 Å². The molecule has 2 unspecified atom stereocenters. The molecule has 1 heterocycles. The standard InChI is InChI=1S/C15H20Cl2N2O/c1-4-5-12(9-20-3)19-14-7-6-11(17)8-13(14)18-15(19)10(2)16/h6-8,10,12H,4-5,9H2,1-3H3. The van der Waals surface area contributed by atoms with Crippen LogP contribution in [0.4, 0.5) is 0 Å². The van der Waals surface area contributed by atoms with Gasteiger partial charge < -0.3 is 9.30 Å². The number of methoxy groups -OCH3 is 1. The lowest BCUT2D eigenvalue weighted by atomic mass is 10.1. The van der Waals surface area contributed by atoms with Crippen LogP contribution in [0.15, 0.2) is 18.2 Å². The Morgan fingerprint density at radius 2 is 2.15 bits per heavy atom. The second-order valence-corrected chi connectivity index (χ2v) is 6.08. The van der Waals surface area contributed by atoms with Crippen LogP contribution in [0.25, 0.3) is 11.0 Å². The number of halogens is 2. The fourth-order valence-electron chi connectivity index (χ4n) is 2.57. The van der Waals surface area contributed by atoms with E-state index in [1.54, 1.807) is 7.11 Å². The Hall–Kier alpha value is -0.770. The first-order valence-corrected chi connectivity index (χ1v) is 7.70. The van der Waals surface area contributed by atoms with Gasteiger partial charge in [-0.05, 0) is 31.5 Å². The van der Waals surface area contributed by atoms with E-state index in [0.717, 1.165) is 29.7 Å². The smallest absolute Gasteiger partial charge is 0.128 e. The van der Waals surface area contributed by atoms with Crippen LogP contribution >= 0.6 is 23.2 Å². The van der Waals surface area contributed by atoms with Crippen LogP contribution in [-0.2, 0) is 4.74 Å². The summed E-state index contributed by atoms with van der Waals surface area (Å²) in [4.78, 5) is 4.65. The lowest BCUT2D eigenvalue weighted by Gasteiger charge is -2.21. The second kappa shape index (κ2) is 6.79. The van der Waals surface area contributed by atoms with Crippen molar-refractivity contribution < 1.29 is 4.74 Å². The van der Waals surface area contributed by atoms with Crippen molar-refractivity contribution in [3.8, 4) is 0 Å². The summed E-state index contributed by atoms with van der Waals surface area (Å²) in [7, 11) is 1.72. The van der Waals surface area contributed by atoms with Crippen molar-refractivity contribution in [2.24, 2.45) is 0 Å². The van der Waals surface area contributed by atoms with Gasteiger partial charge >= 0.3 is 0 Å². The summed E-state index contributed by atoms with van der Waals surface area (Å²) >= 11 is 12.4. The van der Waals surface area contributed by atoms with Gasteiger partial charge in [0.15, 0.2) is 0 Å². The fraction of sp³-hybridized carbons (Fsp3) is 0.533. The number of fused-ring (bicyclic) bond motifs is 1. The van der Waals surface area contributed by atoms with E-state index in [1.807, 2.05) is 25.1 Å². The molecule has 0 saturated heterocycles. The molecule has 0 bridgehead atoms. The largest absolute Gasteiger partial charge is 0.383 e. The highest BCUT2D eigenvalue weighted by Gasteiger charge is 2.21. The topological polar surface area (TPSA) is 27.1 Å². The molecular formula is C15H20Cl2N2O. The average Bonchev–Trinajstić information content (AvgIpc) is 2.77. The Morgan fingerprint density at radius 1 is 1.40 bits per heavy atom. The SMILES string of the molecule is CCCC(COC)n1c(C(C)Cl)nc2cc(Cl)ccc21. The van der Waals surface area contributed by atoms with Crippen LogP contribution in [0.3, 0.4) is 0 Å². The summed E-state index contributed by atoms with van der Waals surface area (Å²) in [5.41, 5.74) is 1.95. The van der Waals surface area contributed by atoms with Crippen molar-refractivity contribution >= 4 is 34.2 Å². The third-order valence-corrected chi connectivity index (χ3v) is 3.81. The summed E-state index contributed by atoms with van der Waals surface area (Å²) in [6, 6.07) is 6.02. The maximum absolute atomic E-state index is 6.31. The molecule has 5 heteroatoms. The van der Waals surface area contributed by atoms with Gasteiger partial charge in [-0.3, -0.25) is 0 Å². The molecule has 0 fully saturated rings. The molecule has 2 rings (SSSR count). The highest BCUT2D eigenvalue weighted by molar-refractivity contribution is 6.31. The quantitative estimate of drug-likeness (QED) is 0.703. The molecule has 0 aliphatic heterocycles. The van der Waals surface area contributed by atoms with E-state index in [2.05, 4.69) is 16.5 Å². The average molecular weight is 315 g/mol. The maximum atomic E-state index is 6.31. The Balaban J connectivity index is 2.60. The van der Waals surface area contributed by atoms with E-state index in [0.29, 0.717) is 11.6 Å². The molecule has 20 heavy (non-hydrogen) atoms. The Morgan fingerprint density at radius 3 is 2.75 bits per heavy atom. The lowest BCUT2D eigenvalue weighted by Crippen LogP contribution is -2.17. The summed E-state index contributed by atoms with van der Waals surface area (Å²) in [5.74, 6) is 0.874. The van der Waals surface area contributed by atoms with E-state index >= 15 is 0 Å². The minimum atomic E-state index is -0.155. The van der Waals surface area contributed by atoms with Crippen LogP contribution < -0.4 is 0 Å². The van der Waals surface area contributed by atoms with Crippen LogP contribution in [0.1, 0.15) is 43.9 Å². The monoisotopic (exact) mass is 314 g/mol. The van der Waals surface area contributed by atoms with Crippen molar-refractivity contribution in [2.45, 2.75) is 38.1 Å².